The van der Waals surface area contributed by atoms with E-state index in [4.69, 9.17) is 0 Å². The summed E-state index contributed by atoms with van der Waals surface area (Å²) < 4.78 is 1.70. The molecule has 0 aliphatic rings. The van der Waals surface area contributed by atoms with Crippen molar-refractivity contribution in [3.05, 3.63) is 29.7 Å². The summed E-state index contributed by atoms with van der Waals surface area (Å²) in [4.78, 5) is 18.2. The van der Waals surface area contributed by atoms with Crippen molar-refractivity contribution in [1.82, 2.24) is 19.5 Å². The predicted molar refractivity (Wildman–Crippen MR) is 65.2 cm³/mol. The van der Waals surface area contributed by atoms with Crippen LogP contribution in [-0.4, -0.2) is 45.9 Å². The van der Waals surface area contributed by atoms with E-state index in [0.717, 1.165) is 17.9 Å². The smallest absolute Gasteiger partial charge is 0.167 e. The van der Waals surface area contributed by atoms with Crippen molar-refractivity contribution in [2.45, 2.75) is 13.3 Å². The second kappa shape index (κ2) is 4.63. The van der Waals surface area contributed by atoms with E-state index in [2.05, 4.69) is 10.1 Å². The zero-order valence-corrected chi connectivity index (χ0v) is 10.3. The van der Waals surface area contributed by atoms with Gasteiger partial charge < -0.3 is 4.90 Å². The molecule has 5 nitrogen and oxygen atoms in total. The third-order valence-corrected chi connectivity index (χ3v) is 2.74. The Morgan fingerprint density at radius 1 is 1.47 bits per heavy atom. The number of rotatable bonds is 4. The summed E-state index contributed by atoms with van der Waals surface area (Å²) in [5.74, 6) is 0.112. The third-order valence-electron chi connectivity index (χ3n) is 2.74. The van der Waals surface area contributed by atoms with Crippen LogP contribution in [0, 0.1) is 6.92 Å². The van der Waals surface area contributed by atoms with E-state index in [1.54, 1.807) is 16.9 Å². The van der Waals surface area contributed by atoms with Crippen LogP contribution in [0.4, 0.5) is 0 Å². The number of hydrogen-bond acceptors (Lipinski definition) is 4. The average Bonchev–Trinajstić information content (AvgIpc) is 2.75. The molecule has 0 N–H and O–H groups in total. The quantitative estimate of drug-likeness (QED) is 0.743. The summed E-state index contributed by atoms with van der Waals surface area (Å²) in [6, 6.07) is 1.82. The summed E-state index contributed by atoms with van der Waals surface area (Å²) >= 11 is 0. The van der Waals surface area contributed by atoms with Crippen LogP contribution in [-0.2, 0) is 0 Å². The largest absolute Gasteiger partial charge is 0.309 e. The van der Waals surface area contributed by atoms with Crippen LogP contribution in [0.15, 0.2) is 18.5 Å². The molecule has 0 fully saturated rings. The lowest BCUT2D eigenvalue weighted by Gasteiger charge is -2.10. The summed E-state index contributed by atoms with van der Waals surface area (Å²) in [6.07, 6.45) is 3.83. The number of ketones is 1. The highest BCUT2D eigenvalue weighted by Gasteiger charge is 2.12. The second-order valence-electron chi connectivity index (χ2n) is 4.33. The van der Waals surface area contributed by atoms with Crippen molar-refractivity contribution >= 4 is 11.4 Å². The Hall–Kier alpha value is -1.75. The van der Waals surface area contributed by atoms with Crippen LogP contribution < -0.4 is 0 Å². The number of nitrogens with zero attached hydrogens (tertiary/aromatic N) is 4. The molecule has 0 spiro atoms. The van der Waals surface area contributed by atoms with E-state index >= 15 is 0 Å². The Balaban J connectivity index is 2.29. The molecule has 2 rings (SSSR count). The number of aromatic nitrogens is 3. The molecule has 2 heterocycles. The van der Waals surface area contributed by atoms with Crippen molar-refractivity contribution in [2.75, 3.05) is 20.6 Å². The first kappa shape index (κ1) is 11.7. The summed E-state index contributed by atoms with van der Waals surface area (Å²) in [7, 11) is 3.91. The van der Waals surface area contributed by atoms with Gasteiger partial charge in [0.15, 0.2) is 11.4 Å². The topological polar surface area (TPSA) is 50.5 Å². The van der Waals surface area contributed by atoms with Gasteiger partial charge in [-0.1, -0.05) is 0 Å². The standard InChI is InChI=1S/C12H16N4O/c1-9-10(11(17)5-7-15(2)3)8-13-12-4-6-14-16(9)12/h4,6,8H,5,7H2,1-3H3. The second-order valence-corrected chi connectivity index (χ2v) is 4.33. The predicted octanol–water partition coefficient (Wildman–Crippen LogP) is 1.17. The third kappa shape index (κ3) is 2.34. The zero-order valence-electron chi connectivity index (χ0n) is 10.3. The van der Waals surface area contributed by atoms with Crippen LogP contribution in [0.3, 0.4) is 0 Å². The van der Waals surface area contributed by atoms with Crippen molar-refractivity contribution in [1.29, 1.82) is 0 Å². The van der Waals surface area contributed by atoms with E-state index in [-0.39, 0.29) is 5.78 Å². The lowest BCUT2D eigenvalue weighted by molar-refractivity contribution is 0.0971. The van der Waals surface area contributed by atoms with Gasteiger partial charge in [-0.2, -0.15) is 5.10 Å². The molecule has 0 aromatic carbocycles. The highest BCUT2D eigenvalue weighted by atomic mass is 16.1. The molecule has 2 aromatic rings. The van der Waals surface area contributed by atoms with Gasteiger partial charge in [-0.25, -0.2) is 9.50 Å². The fourth-order valence-corrected chi connectivity index (χ4v) is 1.72. The van der Waals surface area contributed by atoms with Crippen LogP contribution >= 0.6 is 0 Å². The van der Waals surface area contributed by atoms with Gasteiger partial charge in [0.05, 0.1) is 17.5 Å². The first-order valence-corrected chi connectivity index (χ1v) is 5.57. The number of aryl methyl sites for hydroxylation is 1. The maximum absolute atomic E-state index is 12.0. The number of fused-ring (bicyclic) bond motifs is 1. The Morgan fingerprint density at radius 3 is 2.94 bits per heavy atom. The molecule has 0 atom stereocenters. The molecule has 0 aliphatic heterocycles. The molecule has 0 aliphatic carbocycles. The number of hydrogen-bond donors (Lipinski definition) is 0. The number of Topliss-reactive ketones (excluding diaryl/α,β-unsaturated/α-hetero) is 1. The van der Waals surface area contributed by atoms with Gasteiger partial charge in [-0.05, 0) is 21.0 Å². The van der Waals surface area contributed by atoms with Crippen LogP contribution in [0.5, 0.6) is 0 Å². The summed E-state index contributed by atoms with van der Waals surface area (Å²) in [5.41, 5.74) is 2.28. The Bertz CT molecular complexity index is 544. The molecule has 0 radical (unpaired) electrons. The van der Waals surface area contributed by atoms with Gasteiger partial charge in [0, 0.05) is 25.2 Å². The highest BCUT2D eigenvalue weighted by Crippen LogP contribution is 2.11. The monoisotopic (exact) mass is 232 g/mol. The molecule has 0 saturated carbocycles. The minimum atomic E-state index is 0.112. The minimum Gasteiger partial charge on any atom is -0.309 e. The maximum Gasteiger partial charge on any atom is 0.167 e. The first-order valence-electron chi connectivity index (χ1n) is 5.57. The molecule has 2 aromatic heterocycles. The lowest BCUT2D eigenvalue weighted by atomic mass is 10.1. The molecular weight excluding hydrogens is 216 g/mol. The zero-order chi connectivity index (χ0) is 12.4. The van der Waals surface area contributed by atoms with Crippen LogP contribution in [0.1, 0.15) is 22.5 Å². The first-order chi connectivity index (χ1) is 8.09. The van der Waals surface area contributed by atoms with Crippen molar-refractivity contribution in [3.8, 4) is 0 Å². The molecule has 17 heavy (non-hydrogen) atoms. The van der Waals surface area contributed by atoms with Crippen LogP contribution in [0.2, 0.25) is 0 Å². The van der Waals surface area contributed by atoms with Gasteiger partial charge in [0.2, 0.25) is 0 Å². The normalized spacial score (nSPS) is 11.3. The van der Waals surface area contributed by atoms with E-state index < -0.39 is 0 Å². The van der Waals surface area contributed by atoms with Crippen LogP contribution in [0.25, 0.3) is 5.65 Å². The number of carbonyl (C=O) groups excluding carboxylic acids is 1. The van der Waals surface area contributed by atoms with Gasteiger partial charge in [-0.15, -0.1) is 0 Å². The Kier molecular flexibility index (Phi) is 3.19. The van der Waals surface area contributed by atoms with Crippen molar-refractivity contribution in [3.63, 3.8) is 0 Å². The van der Waals surface area contributed by atoms with E-state index in [1.165, 1.54) is 0 Å². The van der Waals surface area contributed by atoms with Crippen molar-refractivity contribution in [2.24, 2.45) is 0 Å². The average molecular weight is 232 g/mol. The Morgan fingerprint density at radius 2 is 2.24 bits per heavy atom. The fraction of sp³-hybridized carbons (Fsp3) is 0.417. The SMILES string of the molecule is Cc1c(C(=O)CCN(C)C)cnc2ccnn12. The summed E-state index contributed by atoms with van der Waals surface area (Å²) in [5, 5.41) is 4.15. The Labute approximate surface area is 100 Å². The molecule has 0 bridgehead atoms. The van der Waals surface area contributed by atoms with Gasteiger partial charge in [-0.3, -0.25) is 4.79 Å². The molecule has 0 amide bonds. The molecule has 5 heteroatoms. The van der Waals surface area contributed by atoms with Gasteiger partial charge in [0.25, 0.3) is 0 Å². The maximum atomic E-state index is 12.0. The highest BCUT2D eigenvalue weighted by molar-refractivity contribution is 5.97. The van der Waals surface area contributed by atoms with E-state index in [1.807, 2.05) is 32.0 Å². The molecule has 0 saturated heterocycles. The minimum absolute atomic E-state index is 0.112. The van der Waals surface area contributed by atoms with Gasteiger partial charge >= 0.3 is 0 Å². The van der Waals surface area contributed by atoms with E-state index in [0.29, 0.717) is 12.0 Å². The molecular formula is C12H16N4O. The van der Waals surface area contributed by atoms with Crippen molar-refractivity contribution < 1.29 is 4.79 Å². The summed E-state index contributed by atoms with van der Waals surface area (Å²) in [6.45, 7) is 2.64. The van der Waals surface area contributed by atoms with Gasteiger partial charge in [0.1, 0.15) is 0 Å². The fourth-order valence-electron chi connectivity index (χ4n) is 1.72. The lowest BCUT2D eigenvalue weighted by Crippen LogP contribution is -2.18. The molecule has 90 valence electrons. The number of carbonyl (C=O) groups is 1. The van der Waals surface area contributed by atoms with E-state index in [9.17, 15) is 4.79 Å². The molecule has 0 unspecified atom stereocenters.